The number of aliphatic hydroxyl groups is 1. The summed E-state index contributed by atoms with van der Waals surface area (Å²) < 4.78 is 13.4. The fourth-order valence-electron chi connectivity index (χ4n) is 7.20. The number of carbonyl (C=O) groups is 1. The van der Waals surface area contributed by atoms with Crippen molar-refractivity contribution < 1.29 is 19.4 Å². The lowest BCUT2D eigenvalue weighted by molar-refractivity contribution is -0.253. The Bertz CT molecular complexity index is 1640. The highest BCUT2D eigenvalue weighted by Gasteiger charge is 2.50. The number of benzene rings is 4. The van der Waals surface area contributed by atoms with Crippen LogP contribution in [0.5, 0.6) is 0 Å². The number of hydrogen-bond acceptors (Lipinski definition) is 7. The molecule has 238 valence electrons. The van der Waals surface area contributed by atoms with E-state index in [0.29, 0.717) is 19.6 Å². The second kappa shape index (κ2) is 13.4. The van der Waals surface area contributed by atoms with Gasteiger partial charge in [0.1, 0.15) is 5.54 Å². The van der Waals surface area contributed by atoms with Crippen LogP contribution in [0.1, 0.15) is 53.9 Å². The van der Waals surface area contributed by atoms with Gasteiger partial charge in [0.25, 0.3) is 0 Å². The third-order valence-electron chi connectivity index (χ3n) is 9.82. The fourth-order valence-corrected chi connectivity index (χ4v) is 7.20. The molecular formula is C38H42N4O4. The second-order valence-corrected chi connectivity index (χ2v) is 12.6. The molecule has 0 aromatic heterocycles. The Morgan fingerprint density at radius 1 is 0.826 bits per heavy atom. The number of hydrogen-bond donors (Lipinski definition) is 3. The minimum absolute atomic E-state index is 0.00842. The standard InChI is InChI=1S/C38H42N4O4/c39-23-28-6-4-7-30(20-28)31-8-5-9-32(21-31)36-45-34(22-35(46-36)29-14-12-27(25-43)13-15-29)24-41-18-16-38(17-19-41)37(44)40-26-42(38)33-10-2-1-3-11-33/h1-15,20-21,34-36,43H,16-19,22-26,39H2,(H,40,44)/t34-,35+,36+/m0/s1. The highest BCUT2D eigenvalue weighted by molar-refractivity contribution is 5.93. The van der Waals surface area contributed by atoms with Gasteiger partial charge >= 0.3 is 0 Å². The first-order valence-corrected chi connectivity index (χ1v) is 16.3. The molecule has 0 radical (unpaired) electrons. The van der Waals surface area contributed by atoms with Crippen molar-refractivity contribution in [3.05, 3.63) is 125 Å². The van der Waals surface area contributed by atoms with Crippen LogP contribution in [0.3, 0.4) is 0 Å². The lowest BCUT2D eigenvalue weighted by atomic mass is 9.85. The molecule has 1 spiro atoms. The molecule has 3 heterocycles. The van der Waals surface area contributed by atoms with Crippen molar-refractivity contribution in [3.63, 3.8) is 0 Å². The topological polar surface area (TPSA) is 100 Å². The molecule has 0 saturated carbocycles. The van der Waals surface area contributed by atoms with Gasteiger partial charge < -0.3 is 35.4 Å². The van der Waals surface area contributed by atoms with Crippen molar-refractivity contribution in [3.8, 4) is 11.1 Å². The minimum Gasteiger partial charge on any atom is -0.392 e. The van der Waals surface area contributed by atoms with Gasteiger partial charge in [-0.05, 0) is 64.9 Å². The smallest absolute Gasteiger partial charge is 0.247 e. The molecule has 4 N–H and O–H groups in total. The zero-order chi connectivity index (χ0) is 31.5. The Morgan fingerprint density at radius 2 is 1.57 bits per heavy atom. The monoisotopic (exact) mass is 618 g/mol. The molecule has 4 aromatic carbocycles. The number of piperidine rings is 1. The van der Waals surface area contributed by atoms with Crippen molar-refractivity contribution >= 4 is 11.6 Å². The highest BCUT2D eigenvalue weighted by atomic mass is 16.7. The van der Waals surface area contributed by atoms with Gasteiger partial charge in [0, 0.05) is 43.9 Å². The molecule has 46 heavy (non-hydrogen) atoms. The van der Waals surface area contributed by atoms with Crippen molar-refractivity contribution in [1.29, 1.82) is 0 Å². The zero-order valence-electron chi connectivity index (χ0n) is 26.1. The van der Waals surface area contributed by atoms with Crippen LogP contribution < -0.4 is 16.0 Å². The van der Waals surface area contributed by atoms with Gasteiger partial charge in [-0.25, -0.2) is 0 Å². The maximum absolute atomic E-state index is 13.2. The van der Waals surface area contributed by atoms with Gasteiger partial charge in [-0.2, -0.15) is 0 Å². The maximum Gasteiger partial charge on any atom is 0.247 e. The zero-order valence-corrected chi connectivity index (χ0v) is 26.1. The van der Waals surface area contributed by atoms with Crippen molar-refractivity contribution in [1.82, 2.24) is 10.2 Å². The predicted octanol–water partition coefficient (Wildman–Crippen LogP) is 5.28. The van der Waals surface area contributed by atoms with E-state index in [9.17, 15) is 9.90 Å². The Kier molecular flexibility index (Phi) is 8.88. The summed E-state index contributed by atoms with van der Waals surface area (Å²) in [4.78, 5) is 17.9. The van der Waals surface area contributed by atoms with E-state index in [-0.39, 0.29) is 24.7 Å². The van der Waals surface area contributed by atoms with Crippen molar-refractivity contribution in [2.75, 3.05) is 31.2 Å². The molecule has 1 amide bonds. The Hall–Kier alpha value is -4.05. The van der Waals surface area contributed by atoms with Crippen LogP contribution in [0.25, 0.3) is 11.1 Å². The van der Waals surface area contributed by atoms with Crippen LogP contribution in [-0.2, 0) is 27.4 Å². The summed E-state index contributed by atoms with van der Waals surface area (Å²) in [5, 5.41) is 12.7. The van der Waals surface area contributed by atoms with Gasteiger partial charge in [-0.1, -0.05) is 78.9 Å². The largest absolute Gasteiger partial charge is 0.392 e. The van der Waals surface area contributed by atoms with Crippen molar-refractivity contribution in [2.24, 2.45) is 5.73 Å². The normalized spacial score (nSPS) is 23.0. The number of anilines is 1. The number of nitrogens with one attached hydrogen (secondary N) is 1. The minimum atomic E-state index is -0.538. The summed E-state index contributed by atoms with van der Waals surface area (Å²) >= 11 is 0. The number of amides is 1. The Labute approximate surface area is 270 Å². The molecule has 7 rings (SSSR count). The van der Waals surface area contributed by atoms with Crippen LogP contribution in [0.4, 0.5) is 5.69 Å². The average Bonchev–Trinajstić information content (AvgIpc) is 3.44. The van der Waals surface area contributed by atoms with Gasteiger partial charge in [-0.15, -0.1) is 0 Å². The maximum atomic E-state index is 13.2. The summed E-state index contributed by atoms with van der Waals surface area (Å²) in [5.41, 5.74) is 12.7. The molecule has 4 aromatic rings. The van der Waals surface area contributed by atoms with Crippen molar-refractivity contribution in [2.45, 2.75) is 56.5 Å². The molecule has 8 heteroatoms. The first-order chi connectivity index (χ1) is 22.5. The second-order valence-electron chi connectivity index (χ2n) is 12.6. The highest BCUT2D eigenvalue weighted by Crippen LogP contribution is 2.41. The van der Waals surface area contributed by atoms with Crippen LogP contribution in [0.15, 0.2) is 103 Å². The van der Waals surface area contributed by atoms with E-state index in [1.54, 1.807) is 0 Å². The Morgan fingerprint density at radius 3 is 2.30 bits per heavy atom. The molecule has 3 aliphatic heterocycles. The molecule has 0 unspecified atom stereocenters. The third kappa shape index (κ3) is 6.19. The van der Waals surface area contributed by atoms with Crippen LogP contribution >= 0.6 is 0 Å². The average molecular weight is 619 g/mol. The predicted molar refractivity (Wildman–Crippen MR) is 179 cm³/mol. The molecule has 0 aliphatic carbocycles. The summed E-state index contributed by atoms with van der Waals surface area (Å²) in [5.74, 6) is 0.127. The lowest BCUT2D eigenvalue weighted by Crippen LogP contribution is -2.57. The first-order valence-electron chi connectivity index (χ1n) is 16.3. The third-order valence-corrected chi connectivity index (χ3v) is 9.82. The van der Waals surface area contributed by atoms with Gasteiger partial charge in [0.15, 0.2) is 6.29 Å². The van der Waals surface area contributed by atoms with E-state index in [2.05, 4.69) is 63.6 Å². The summed E-state index contributed by atoms with van der Waals surface area (Å²) in [6, 6.07) is 34.9. The SMILES string of the molecule is NCc1cccc(-c2cccc([C@@H]3O[C@H](CN4CCC5(CC4)C(=O)NCN5c4ccccc4)C[C@H](c4ccc(CO)cc4)O3)c2)c1. The number of rotatable bonds is 8. The number of carbonyl (C=O) groups excluding carboxylic acids is 1. The molecule has 3 fully saturated rings. The number of ether oxygens (including phenoxy) is 2. The molecule has 3 aliphatic rings. The van der Waals surface area contributed by atoms with Crippen LogP contribution in [0, 0.1) is 0 Å². The molecule has 3 atom stereocenters. The van der Waals surface area contributed by atoms with E-state index < -0.39 is 11.8 Å². The van der Waals surface area contributed by atoms with E-state index in [4.69, 9.17) is 15.2 Å². The lowest BCUT2D eigenvalue weighted by Gasteiger charge is -2.45. The van der Waals surface area contributed by atoms with Gasteiger partial charge in [0.2, 0.25) is 5.91 Å². The summed E-state index contributed by atoms with van der Waals surface area (Å²) in [7, 11) is 0. The van der Waals surface area contributed by atoms with Crippen LogP contribution in [-0.4, -0.2) is 53.9 Å². The van der Waals surface area contributed by atoms with E-state index in [1.165, 1.54) is 0 Å². The molecule has 8 nitrogen and oxygen atoms in total. The Balaban J connectivity index is 1.10. The van der Waals surface area contributed by atoms with E-state index >= 15 is 0 Å². The number of likely N-dealkylation sites (tertiary alicyclic amines) is 1. The first kappa shape index (κ1) is 30.6. The molecular weight excluding hydrogens is 576 g/mol. The van der Waals surface area contributed by atoms with E-state index in [1.807, 2.05) is 54.6 Å². The summed E-state index contributed by atoms with van der Waals surface area (Å²) in [6.45, 7) is 3.42. The number of aliphatic hydroxyl groups excluding tert-OH is 1. The van der Waals surface area contributed by atoms with Gasteiger partial charge in [0.05, 0.1) is 25.5 Å². The number of nitrogens with two attached hydrogens (primary N) is 1. The van der Waals surface area contributed by atoms with Crippen LogP contribution in [0.2, 0.25) is 0 Å². The fraction of sp³-hybridized carbons (Fsp3) is 0.342. The molecule has 0 bridgehead atoms. The number of nitrogens with zero attached hydrogens (tertiary/aromatic N) is 2. The summed E-state index contributed by atoms with van der Waals surface area (Å²) in [6.07, 6.45) is 1.47. The number of para-hydroxylation sites is 1. The van der Waals surface area contributed by atoms with E-state index in [0.717, 1.165) is 71.5 Å². The molecule has 3 saturated heterocycles. The quantitative estimate of drug-likeness (QED) is 0.247. The van der Waals surface area contributed by atoms with Gasteiger partial charge in [-0.3, -0.25) is 4.79 Å².